The lowest BCUT2D eigenvalue weighted by Gasteiger charge is -2.29. The van der Waals surface area contributed by atoms with E-state index in [1.165, 1.54) is 5.56 Å². The normalized spacial score (nSPS) is 21.3. The first kappa shape index (κ1) is 6.92. The van der Waals surface area contributed by atoms with E-state index in [0.717, 1.165) is 18.7 Å². The van der Waals surface area contributed by atoms with Gasteiger partial charge in [-0.25, -0.2) is 0 Å². The van der Waals surface area contributed by atoms with Crippen molar-refractivity contribution in [1.29, 1.82) is 0 Å². The molecule has 0 amide bonds. The third-order valence-electron chi connectivity index (χ3n) is 2.28. The summed E-state index contributed by atoms with van der Waals surface area (Å²) in [7, 11) is 0. The van der Waals surface area contributed by atoms with Gasteiger partial charge in [-0.3, -0.25) is 0 Å². The highest BCUT2D eigenvalue weighted by Crippen LogP contribution is 2.28. The van der Waals surface area contributed by atoms with Crippen LogP contribution in [0.25, 0.3) is 0 Å². The zero-order valence-electron chi connectivity index (χ0n) is 6.98. The number of fused-ring (bicyclic) bond motifs is 1. The van der Waals surface area contributed by atoms with E-state index in [2.05, 4.69) is 25.2 Å². The molecule has 2 heteroatoms. The predicted octanol–water partition coefficient (Wildman–Crippen LogP) is 1.66. The van der Waals surface area contributed by atoms with Gasteiger partial charge in [0.25, 0.3) is 0 Å². The van der Waals surface area contributed by atoms with E-state index >= 15 is 0 Å². The fourth-order valence-electron chi connectivity index (χ4n) is 1.67. The third-order valence-corrected chi connectivity index (χ3v) is 2.28. The Kier molecular flexibility index (Phi) is 1.33. The first-order valence-corrected chi connectivity index (χ1v) is 4.02. The Bertz CT molecular complexity index is 262. The van der Waals surface area contributed by atoms with Crippen LogP contribution in [0.5, 0.6) is 0 Å². The van der Waals surface area contributed by atoms with Gasteiger partial charge >= 0.3 is 0 Å². The molecule has 0 aromatic carbocycles. The van der Waals surface area contributed by atoms with Gasteiger partial charge in [-0.05, 0) is 31.9 Å². The van der Waals surface area contributed by atoms with Crippen LogP contribution in [0.2, 0.25) is 0 Å². The molecular formula is C9H13NO. The van der Waals surface area contributed by atoms with Crippen molar-refractivity contribution in [3.8, 4) is 0 Å². The van der Waals surface area contributed by atoms with Crippen LogP contribution in [0, 0.1) is 0 Å². The fourth-order valence-corrected chi connectivity index (χ4v) is 1.67. The smallest absolute Gasteiger partial charge is 0.126 e. The Morgan fingerprint density at radius 3 is 3.09 bits per heavy atom. The van der Waals surface area contributed by atoms with E-state index in [0.29, 0.717) is 0 Å². The van der Waals surface area contributed by atoms with Crippen molar-refractivity contribution < 1.29 is 4.42 Å². The third kappa shape index (κ3) is 0.979. The first-order valence-electron chi connectivity index (χ1n) is 4.02. The van der Waals surface area contributed by atoms with Crippen LogP contribution < -0.4 is 5.32 Å². The van der Waals surface area contributed by atoms with E-state index in [9.17, 15) is 0 Å². The van der Waals surface area contributed by atoms with E-state index in [1.807, 2.05) is 0 Å². The molecule has 0 saturated carbocycles. The van der Waals surface area contributed by atoms with Crippen molar-refractivity contribution in [2.24, 2.45) is 0 Å². The fraction of sp³-hybridized carbons (Fsp3) is 0.556. The zero-order valence-corrected chi connectivity index (χ0v) is 6.98. The van der Waals surface area contributed by atoms with Crippen molar-refractivity contribution in [3.63, 3.8) is 0 Å². The van der Waals surface area contributed by atoms with E-state index in [1.54, 1.807) is 6.26 Å². The molecule has 60 valence electrons. The summed E-state index contributed by atoms with van der Waals surface area (Å²) in [6.07, 6.45) is 2.87. The van der Waals surface area contributed by atoms with Crippen LogP contribution in [0.4, 0.5) is 0 Å². The molecule has 0 unspecified atom stereocenters. The van der Waals surface area contributed by atoms with Gasteiger partial charge in [-0.1, -0.05) is 0 Å². The van der Waals surface area contributed by atoms with Crippen LogP contribution in [0.15, 0.2) is 16.7 Å². The van der Waals surface area contributed by atoms with Gasteiger partial charge in [0.05, 0.1) is 11.8 Å². The highest BCUT2D eigenvalue weighted by Gasteiger charge is 2.29. The quantitative estimate of drug-likeness (QED) is 0.610. The summed E-state index contributed by atoms with van der Waals surface area (Å²) < 4.78 is 5.41. The Balaban J connectivity index is 2.48. The van der Waals surface area contributed by atoms with Crippen LogP contribution in [0.3, 0.4) is 0 Å². The summed E-state index contributed by atoms with van der Waals surface area (Å²) in [6.45, 7) is 5.35. The second kappa shape index (κ2) is 2.11. The summed E-state index contributed by atoms with van der Waals surface area (Å²) >= 11 is 0. The molecule has 1 aromatic heterocycles. The Morgan fingerprint density at radius 2 is 2.36 bits per heavy atom. The highest BCUT2D eigenvalue weighted by atomic mass is 16.3. The standard InChI is InChI=1S/C9H13NO/c1-9(2)8-7(3-5-10-9)4-6-11-8/h4,6,10H,3,5H2,1-2H3. The average Bonchev–Trinajstić information content (AvgIpc) is 2.34. The molecule has 1 aliphatic heterocycles. The second-order valence-corrected chi connectivity index (χ2v) is 3.58. The van der Waals surface area contributed by atoms with Crippen molar-refractivity contribution in [2.75, 3.05) is 6.54 Å². The molecule has 2 heterocycles. The minimum absolute atomic E-state index is 0.0249. The average molecular weight is 151 g/mol. The van der Waals surface area contributed by atoms with Crippen LogP contribution in [-0.4, -0.2) is 6.54 Å². The van der Waals surface area contributed by atoms with Crippen molar-refractivity contribution in [1.82, 2.24) is 5.32 Å². The number of hydrogen-bond donors (Lipinski definition) is 1. The minimum atomic E-state index is 0.0249. The lowest BCUT2D eigenvalue weighted by atomic mass is 9.93. The largest absolute Gasteiger partial charge is 0.467 e. The lowest BCUT2D eigenvalue weighted by molar-refractivity contribution is 0.302. The van der Waals surface area contributed by atoms with Gasteiger partial charge in [-0.2, -0.15) is 0 Å². The second-order valence-electron chi connectivity index (χ2n) is 3.58. The molecule has 1 aliphatic rings. The molecular weight excluding hydrogens is 138 g/mol. The summed E-state index contributed by atoms with van der Waals surface area (Å²) in [4.78, 5) is 0. The Hall–Kier alpha value is -0.760. The molecule has 2 rings (SSSR count). The van der Waals surface area contributed by atoms with Crippen LogP contribution >= 0.6 is 0 Å². The molecule has 0 saturated heterocycles. The van der Waals surface area contributed by atoms with Gasteiger partial charge in [0, 0.05) is 6.54 Å². The number of hydrogen-bond acceptors (Lipinski definition) is 2. The number of rotatable bonds is 0. The molecule has 1 N–H and O–H groups in total. The van der Waals surface area contributed by atoms with Gasteiger partial charge in [0.15, 0.2) is 0 Å². The van der Waals surface area contributed by atoms with Gasteiger partial charge in [0.1, 0.15) is 5.76 Å². The maximum atomic E-state index is 5.41. The minimum Gasteiger partial charge on any atom is -0.467 e. The first-order chi connectivity index (χ1) is 5.20. The van der Waals surface area contributed by atoms with Gasteiger partial charge in [0.2, 0.25) is 0 Å². The lowest BCUT2D eigenvalue weighted by Crippen LogP contribution is -2.41. The summed E-state index contributed by atoms with van der Waals surface area (Å²) in [6, 6.07) is 2.07. The highest BCUT2D eigenvalue weighted by molar-refractivity contribution is 5.26. The van der Waals surface area contributed by atoms with E-state index < -0.39 is 0 Å². The van der Waals surface area contributed by atoms with Crippen molar-refractivity contribution in [3.05, 3.63) is 23.7 Å². The number of furan rings is 1. The SMILES string of the molecule is CC1(C)NCCc2ccoc21. The summed E-state index contributed by atoms with van der Waals surface area (Å²) in [5.74, 6) is 1.10. The van der Waals surface area contributed by atoms with E-state index in [4.69, 9.17) is 4.42 Å². The van der Waals surface area contributed by atoms with Crippen molar-refractivity contribution in [2.45, 2.75) is 25.8 Å². The topological polar surface area (TPSA) is 25.2 Å². The Labute approximate surface area is 66.6 Å². The van der Waals surface area contributed by atoms with E-state index in [-0.39, 0.29) is 5.54 Å². The molecule has 0 fully saturated rings. The van der Waals surface area contributed by atoms with Crippen LogP contribution in [0.1, 0.15) is 25.2 Å². The molecule has 1 aromatic rings. The summed E-state index contributed by atoms with van der Waals surface area (Å²) in [5.41, 5.74) is 1.38. The zero-order chi connectivity index (χ0) is 7.90. The molecule has 0 radical (unpaired) electrons. The maximum Gasteiger partial charge on any atom is 0.126 e. The molecule has 2 nitrogen and oxygen atoms in total. The van der Waals surface area contributed by atoms with Gasteiger partial charge in [-0.15, -0.1) is 0 Å². The molecule has 0 spiro atoms. The summed E-state index contributed by atoms with van der Waals surface area (Å²) in [5, 5.41) is 3.41. The maximum absolute atomic E-state index is 5.41. The predicted molar refractivity (Wildman–Crippen MR) is 43.4 cm³/mol. The monoisotopic (exact) mass is 151 g/mol. The molecule has 11 heavy (non-hydrogen) atoms. The molecule has 0 atom stereocenters. The Morgan fingerprint density at radius 1 is 1.55 bits per heavy atom. The van der Waals surface area contributed by atoms with Gasteiger partial charge < -0.3 is 9.73 Å². The van der Waals surface area contributed by atoms with Crippen molar-refractivity contribution >= 4 is 0 Å². The van der Waals surface area contributed by atoms with Crippen LogP contribution in [-0.2, 0) is 12.0 Å². The molecule has 0 aliphatic carbocycles. The number of nitrogens with one attached hydrogen (secondary N) is 1. The molecule has 0 bridgehead atoms.